The largest absolute Gasteiger partial charge is 0.487 e. The van der Waals surface area contributed by atoms with Crippen molar-refractivity contribution in [3.63, 3.8) is 0 Å². The third-order valence-electron chi connectivity index (χ3n) is 3.85. The van der Waals surface area contributed by atoms with E-state index in [1.54, 1.807) is 0 Å². The van der Waals surface area contributed by atoms with Crippen LogP contribution >= 0.6 is 22.3 Å². The Hall–Kier alpha value is -0.940. The number of aromatic nitrogens is 4. The molecule has 2 aromatic rings. The highest BCUT2D eigenvalue weighted by Crippen LogP contribution is 2.66. The van der Waals surface area contributed by atoms with Crippen molar-refractivity contribution in [2.75, 3.05) is 12.3 Å². The maximum atomic E-state index is 11.7. The van der Waals surface area contributed by atoms with Gasteiger partial charge in [0.05, 0.1) is 19.0 Å². The summed E-state index contributed by atoms with van der Waals surface area (Å²) in [5.41, 5.74) is 6.41. The summed E-state index contributed by atoms with van der Waals surface area (Å²) in [6, 6.07) is 0. The average molecular weight is 522 g/mol. The van der Waals surface area contributed by atoms with E-state index in [0.717, 1.165) is 5.25 Å². The minimum absolute atomic E-state index is 0.0655. The second-order valence-electron chi connectivity index (χ2n) is 6.03. The lowest BCUT2D eigenvalue weighted by Gasteiger charge is -2.22. The highest BCUT2D eigenvalue weighted by atomic mass is 32.5. The number of hydrogen-bond donors (Lipinski definition) is 7. The van der Waals surface area contributed by atoms with Crippen LogP contribution in [0.5, 0.6) is 0 Å². The zero-order valence-electron chi connectivity index (χ0n) is 15.1. The zero-order chi connectivity index (χ0) is 23.0. The molecule has 0 aliphatic carbocycles. The standard InChI is InChI=1S/C10H17N6O11P3S/c11-9-8-10(13-3-12-9)16(4-14-8)7-1-5(17)6(25-7)2-24-30(23,31)27-29(21,22)26-28(19,20)15-18/h3-7,17-18H,1-2H2,(H,21,22)(H,23,31)(H2,11,12,13)(H2,15,19,20)/t5-,6+,7+,30?/m0/s1. The Bertz CT molecular complexity index is 1100. The molecule has 2 aromatic heterocycles. The predicted molar refractivity (Wildman–Crippen MR) is 103 cm³/mol. The van der Waals surface area contributed by atoms with Gasteiger partial charge in [0.1, 0.15) is 24.2 Å². The maximum absolute atomic E-state index is 11.7. The van der Waals surface area contributed by atoms with Crippen LogP contribution in [0.4, 0.5) is 5.82 Å². The van der Waals surface area contributed by atoms with Crippen LogP contribution in [0.3, 0.4) is 0 Å². The van der Waals surface area contributed by atoms with Crippen LogP contribution in [0.15, 0.2) is 12.7 Å². The van der Waals surface area contributed by atoms with Crippen LogP contribution in [0.1, 0.15) is 12.6 Å². The van der Waals surface area contributed by atoms with Crippen molar-refractivity contribution in [1.82, 2.24) is 24.8 Å². The third-order valence-corrected chi connectivity index (χ3v) is 8.86. The van der Waals surface area contributed by atoms with Crippen LogP contribution in [0, 0.1) is 0 Å². The van der Waals surface area contributed by atoms with Crippen molar-refractivity contribution in [2.24, 2.45) is 0 Å². The molecule has 1 aliphatic heterocycles. The molecule has 0 amide bonds. The number of imidazole rings is 1. The molecule has 3 heterocycles. The van der Waals surface area contributed by atoms with Crippen molar-refractivity contribution in [3.8, 4) is 0 Å². The molecule has 6 atom stereocenters. The van der Waals surface area contributed by atoms with Gasteiger partial charge in [-0.25, -0.2) is 28.4 Å². The lowest BCUT2D eigenvalue weighted by molar-refractivity contribution is -0.0399. The summed E-state index contributed by atoms with van der Waals surface area (Å²) in [6.07, 6.45) is -0.225. The van der Waals surface area contributed by atoms with Crippen LogP contribution in [0.25, 0.3) is 11.2 Å². The van der Waals surface area contributed by atoms with E-state index < -0.39 is 47.3 Å². The molecule has 17 nitrogen and oxygen atoms in total. The van der Waals surface area contributed by atoms with E-state index in [0.29, 0.717) is 11.2 Å². The summed E-state index contributed by atoms with van der Waals surface area (Å²) in [7, 11) is -10.5. The molecule has 8 N–H and O–H groups in total. The van der Waals surface area contributed by atoms with Crippen molar-refractivity contribution >= 4 is 51.1 Å². The van der Waals surface area contributed by atoms with Crippen molar-refractivity contribution < 1.29 is 52.0 Å². The third kappa shape index (κ3) is 6.10. The van der Waals surface area contributed by atoms with Crippen molar-refractivity contribution in [2.45, 2.75) is 24.9 Å². The number of fused-ring (bicyclic) bond motifs is 1. The second kappa shape index (κ2) is 9.13. The Kier molecular flexibility index (Phi) is 7.27. The molecule has 21 heteroatoms. The van der Waals surface area contributed by atoms with E-state index >= 15 is 0 Å². The number of nitrogens with two attached hydrogens (primary N) is 1. The summed E-state index contributed by atoms with van der Waals surface area (Å²) in [4.78, 5) is 40.2. The van der Waals surface area contributed by atoms with Gasteiger partial charge in [-0.2, -0.15) is 4.31 Å². The molecule has 0 spiro atoms. The number of hydrogen-bond acceptors (Lipinski definition) is 13. The first-order valence-electron chi connectivity index (χ1n) is 8.06. The molecule has 0 saturated carbocycles. The predicted octanol–water partition coefficient (Wildman–Crippen LogP) is -0.497. The summed E-state index contributed by atoms with van der Waals surface area (Å²) >= 11 is 4.55. The smallest absolute Gasteiger partial charge is 0.390 e. The summed E-state index contributed by atoms with van der Waals surface area (Å²) < 4.78 is 42.8. The molecule has 1 fully saturated rings. The fraction of sp³-hybridized carbons (Fsp3) is 0.500. The normalized spacial score (nSPS) is 27.6. The maximum Gasteiger partial charge on any atom is 0.487 e. The quantitative estimate of drug-likeness (QED) is 0.162. The number of nitrogen functional groups attached to an aromatic ring is 1. The van der Waals surface area contributed by atoms with Gasteiger partial charge in [0.25, 0.3) is 0 Å². The van der Waals surface area contributed by atoms with Crippen LogP contribution in [0.2, 0.25) is 0 Å². The SMILES string of the molecule is Nc1ncnc2c1ncn2[C@H]1C[C@H](O)[C@@H](COP(O)(=S)OP(=O)(O)OP(=O)(O)NO)O1. The Labute approximate surface area is 178 Å². The van der Waals surface area contributed by atoms with Crippen LogP contribution in [-0.2, 0) is 38.8 Å². The van der Waals surface area contributed by atoms with Crippen molar-refractivity contribution in [1.29, 1.82) is 0 Å². The zero-order valence-corrected chi connectivity index (χ0v) is 18.6. The highest BCUT2D eigenvalue weighted by Gasteiger charge is 2.41. The number of nitrogens with zero attached hydrogens (tertiary/aromatic N) is 4. The minimum atomic E-state index is -5.42. The Morgan fingerprint density at radius 1 is 1.29 bits per heavy atom. The van der Waals surface area contributed by atoms with E-state index in [1.165, 1.54) is 17.2 Å². The van der Waals surface area contributed by atoms with E-state index in [-0.39, 0.29) is 12.2 Å². The highest BCUT2D eigenvalue weighted by molar-refractivity contribution is 8.08. The van der Waals surface area contributed by atoms with Gasteiger partial charge in [0.15, 0.2) is 11.5 Å². The van der Waals surface area contributed by atoms with E-state index in [4.69, 9.17) is 25.1 Å². The number of aliphatic hydroxyl groups is 1. The van der Waals surface area contributed by atoms with Crippen molar-refractivity contribution in [3.05, 3.63) is 12.7 Å². The van der Waals surface area contributed by atoms with E-state index in [9.17, 15) is 24.0 Å². The molecule has 0 radical (unpaired) electrons. The molecule has 1 saturated heterocycles. The molecule has 174 valence electrons. The number of aliphatic hydroxyl groups excluding tert-OH is 1. The Morgan fingerprint density at radius 3 is 2.68 bits per heavy atom. The van der Waals surface area contributed by atoms with E-state index in [2.05, 4.69) is 35.4 Å². The van der Waals surface area contributed by atoms with Gasteiger partial charge >= 0.3 is 22.3 Å². The Balaban J connectivity index is 1.63. The van der Waals surface area contributed by atoms with Gasteiger partial charge in [-0.15, -0.1) is 5.25 Å². The fourth-order valence-electron chi connectivity index (χ4n) is 2.61. The Morgan fingerprint density at radius 2 is 2.00 bits per heavy atom. The lowest BCUT2D eigenvalue weighted by Crippen LogP contribution is -2.26. The molecule has 0 bridgehead atoms. The van der Waals surface area contributed by atoms with Crippen LogP contribution in [-0.4, -0.2) is 63.3 Å². The van der Waals surface area contributed by atoms with E-state index in [1.807, 2.05) is 0 Å². The van der Waals surface area contributed by atoms with Gasteiger partial charge in [0, 0.05) is 6.42 Å². The minimum Gasteiger partial charge on any atom is -0.390 e. The molecule has 3 rings (SSSR count). The van der Waals surface area contributed by atoms with Gasteiger partial charge in [0.2, 0.25) is 0 Å². The molecule has 0 aromatic carbocycles. The topological polar surface area (TPSA) is 254 Å². The number of anilines is 1. The average Bonchev–Trinajstić information content (AvgIpc) is 3.22. The summed E-state index contributed by atoms with van der Waals surface area (Å²) in [5, 5.41) is 19.3. The molecule has 3 unspecified atom stereocenters. The number of ether oxygens (including phenoxy) is 1. The van der Waals surface area contributed by atoms with Crippen LogP contribution < -0.4 is 11.0 Å². The first-order chi connectivity index (χ1) is 14.3. The fourth-order valence-corrected chi connectivity index (χ4v) is 6.77. The lowest BCUT2D eigenvalue weighted by atomic mass is 10.2. The van der Waals surface area contributed by atoms with Gasteiger partial charge in [-0.3, -0.25) is 4.57 Å². The number of rotatable bonds is 9. The molecule has 1 aliphatic rings. The molecular weight excluding hydrogens is 505 g/mol. The second-order valence-corrected chi connectivity index (χ2v) is 12.1. The molecule has 31 heavy (non-hydrogen) atoms. The molecular formula is C10H17N6O11P3S. The summed E-state index contributed by atoms with van der Waals surface area (Å²) in [6.45, 7) is -5.09. The number of nitrogens with one attached hydrogen (secondary N) is 1. The van der Waals surface area contributed by atoms with Gasteiger partial charge < -0.3 is 40.0 Å². The van der Waals surface area contributed by atoms with Gasteiger partial charge in [-0.05, 0) is 11.8 Å². The first kappa shape index (κ1) is 24.7. The monoisotopic (exact) mass is 522 g/mol. The number of phosphoric acid groups is 1. The van der Waals surface area contributed by atoms with Gasteiger partial charge in [-0.1, -0.05) is 0 Å². The summed E-state index contributed by atoms with van der Waals surface area (Å²) in [5.74, 6) is 0.153. The first-order valence-corrected chi connectivity index (χ1v) is 13.7.